The van der Waals surface area contributed by atoms with E-state index in [0.29, 0.717) is 6.54 Å². The Morgan fingerprint density at radius 2 is 1.92 bits per heavy atom. The van der Waals surface area contributed by atoms with Crippen LogP contribution >= 0.6 is 0 Å². The van der Waals surface area contributed by atoms with Gasteiger partial charge < -0.3 is 14.7 Å². The summed E-state index contributed by atoms with van der Waals surface area (Å²) in [7, 11) is 1.68. The standard InChI is InChI=1S/C21H23N3O/c1-4-13-24-16(2)19(18-10-6-7-11-20(18)24)15-23-22-14-17-9-5-8-12-21(17)25-3/h4-12,15,22H,1,13-14H2,2-3H3/b23-15+. The lowest BCUT2D eigenvalue weighted by Gasteiger charge is -2.07. The fourth-order valence-corrected chi connectivity index (χ4v) is 3.08. The fraction of sp³-hybridized carbons (Fsp3) is 0.190. The van der Waals surface area contributed by atoms with E-state index >= 15 is 0 Å². The molecule has 0 spiro atoms. The summed E-state index contributed by atoms with van der Waals surface area (Å²) in [5, 5.41) is 5.63. The molecule has 4 nitrogen and oxygen atoms in total. The van der Waals surface area contributed by atoms with E-state index in [0.717, 1.165) is 23.4 Å². The maximum atomic E-state index is 5.36. The Morgan fingerprint density at radius 1 is 1.16 bits per heavy atom. The van der Waals surface area contributed by atoms with Crippen molar-refractivity contribution in [2.24, 2.45) is 5.10 Å². The van der Waals surface area contributed by atoms with Gasteiger partial charge in [-0.2, -0.15) is 5.10 Å². The summed E-state index contributed by atoms with van der Waals surface area (Å²) in [6.07, 6.45) is 3.81. The lowest BCUT2D eigenvalue weighted by atomic mass is 10.1. The number of methoxy groups -OCH3 is 1. The first kappa shape index (κ1) is 16.8. The normalized spacial score (nSPS) is 11.1. The molecule has 3 aromatic rings. The Balaban J connectivity index is 1.82. The lowest BCUT2D eigenvalue weighted by molar-refractivity contribution is 0.408. The molecule has 0 aliphatic carbocycles. The van der Waals surface area contributed by atoms with E-state index in [9.17, 15) is 0 Å². The van der Waals surface area contributed by atoms with Crippen LogP contribution in [-0.2, 0) is 13.1 Å². The van der Waals surface area contributed by atoms with E-state index in [4.69, 9.17) is 4.74 Å². The molecule has 0 aliphatic rings. The van der Waals surface area contributed by atoms with Crippen LogP contribution in [0.1, 0.15) is 16.8 Å². The van der Waals surface area contributed by atoms with E-state index < -0.39 is 0 Å². The maximum absolute atomic E-state index is 5.36. The van der Waals surface area contributed by atoms with Crippen LogP contribution < -0.4 is 10.2 Å². The van der Waals surface area contributed by atoms with Crippen LogP contribution in [0.2, 0.25) is 0 Å². The van der Waals surface area contributed by atoms with Crippen molar-refractivity contribution in [1.29, 1.82) is 0 Å². The smallest absolute Gasteiger partial charge is 0.123 e. The van der Waals surface area contributed by atoms with Gasteiger partial charge in [-0.3, -0.25) is 0 Å². The summed E-state index contributed by atoms with van der Waals surface area (Å²) < 4.78 is 7.62. The van der Waals surface area contributed by atoms with Crippen LogP contribution in [0.3, 0.4) is 0 Å². The molecule has 128 valence electrons. The number of nitrogens with zero attached hydrogens (tertiary/aromatic N) is 2. The number of para-hydroxylation sites is 2. The SMILES string of the molecule is C=CCn1c(C)c(/C=N/NCc2ccccc2OC)c2ccccc21. The third-order valence-corrected chi connectivity index (χ3v) is 4.34. The molecular formula is C21H23N3O. The highest BCUT2D eigenvalue weighted by Crippen LogP contribution is 2.24. The van der Waals surface area contributed by atoms with Crippen molar-refractivity contribution in [2.45, 2.75) is 20.0 Å². The number of hydrogen-bond donors (Lipinski definition) is 1. The molecule has 0 radical (unpaired) electrons. The molecule has 0 aliphatic heterocycles. The highest BCUT2D eigenvalue weighted by molar-refractivity contribution is 6.01. The predicted octanol–water partition coefficient (Wildman–Crippen LogP) is 4.27. The first-order valence-corrected chi connectivity index (χ1v) is 8.32. The van der Waals surface area contributed by atoms with Crippen LogP contribution in [0.15, 0.2) is 66.3 Å². The Kier molecular flexibility index (Phi) is 5.19. The number of benzene rings is 2. The van der Waals surface area contributed by atoms with E-state index in [1.54, 1.807) is 7.11 Å². The van der Waals surface area contributed by atoms with Gasteiger partial charge in [0.05, 0.1) is 19.9 Å². The second-order valence-electron chi connectivity index (χ2n) is 5.82. The molecule has 1 N–H and O–H groups in total. The second-order valence-corrected chi connectivity index (χ2v) is 5.82. The van der Waals surface area contributed by atoms with Crippen LogP contribution in [0.4, 0.5) is 0 Å². The molecule has 0 saturated heterocycles. The second kappa shape index (κ2) is 7.71. The van der Waals surface area contributed by atoms with Crippen molar-refractivity contribution in [3.8, 4) is 5.75 Å². The number of rotatable bonds is 7. The molecule has 0 amide bonds. The topological polar surface area (TPSA) is 38.5 Å². The van der Waals surface area contributed by atoms with Crippen LogP contribution in [0, 0.1) is 6.92 Å². The zero-order chi connectivity index (χ0) is 17.6. The molecule has 1 heterocycles. The van der Waals surface area contributed by atoms with Gasteiger partial charge in [0.2, 0.25) is 0 Å². The zero-order valence-corrected chi connectivity index (χ0v) is 14.7. The highest BCUT2D eigenvalue weighted by atomic mass is 16.5. The summed E-state index contributed by atoms with van der Waals surface area (Å²) in [5.74, 6) is 0.865. The van der Waals surface area contributed by atoms with Gasteiger partial charge in [0.15, 0.2) is 0 Å². The third-order valence-electron chi connectivity index (χ3n) is 4.34. The van der Waals surface area contributed by atoms with Crippen LogP contribution in [-0.4, -0.2) is 17.9 Å². The minimum atomic E-state index is 0.616. The fourth-order valence-electron chi connectivity index (χ4n) is 3.08. The van der Waals surface area contributed by atoms with E-state index in [-0.39, 0.29) is 0 Å². The van der Waals surface area contributed by atoms with Gasteiger partial charge in [-0.1, -0.05) is 42.5 Å². The minimum absolute atomic E-state index is 0.616. The van der Waals surface area contributed by atoms with Gasteiger partial charge in [-0.15, -0.1) is 6.58 Å². The van der Waals surface area contributed by atoms with Crippen LogP contribution in [0.5, 0.6) is 5.75 Å². The molecule has 0 bridgehead atoms. The monoisotopic (exact) mass is 333 g/mol. The molecule has 3 rings (SSSR count). The molecule has 1 aromatic heterocycles. The van der Waals surface area contributed by atoms with Gasteiger partial charge >= 0.3 is 0 Å². The highest BCUT2D eigenvalue weighted by Gasteiger charge is 2.11. The van der Waals surface area contributed by atoms with E-state index in [2.05, 4.69) is 52.9 Å². The van der Waals surface area contributed by atoms with Gasteiger partial charge in [-0.25, -0.2) is 0 Å². The van der Waals surface area contributed by atoms with Crippen molar-refractivity contribution in [3.05, 3.63) is 78.0 Å². The summed E-state index contributed by atoms with van der Waals surface area (Å²) >= 11 is 0. The number of hydrazone groups is 1. The molecule has 0 unspecified atom stereocenters. The zero-order valence-electron chi connectivity index (χ0n) is 14.7. The Labute approximate surface area is 148 Å². The number of nitrogens with one attached hydrogen (secondary N) is 1. The van der Waals surface area contributed by atoms with Gasteiger partial charge in [0.1, 0.15) is 5.75 Å². The summed E-state index contributed by atoms with van der Waals surface area (Å²) in [5.41, 5.74) is 7.71. The van der Waals surface area contributed by atoms with Crippen molar-refractivity contribution in [3.63, 3.8) is 0 Å². The number of allylic oxidation sites excluding steroid dienone is 1. The van der Waals surface area contributed by atoms with Crippen LogP contribution in [0.25, 0.3) is 10.9 Å². The van der Waals surface area contributed by atoms with Gasteiger partial charge in [-0.05, 0) is 19.1 Å². The average Bonchev–Trinajstić information content (AvgIpc) is 2.91. The van der Waals surface area contributed by atoms with Crippen molar-refractivity contribution >= 4 is 17.1 Å². The molecule has 0 atom stereocenters. The third kappa shape index (κ3) is 3.43. The Morgan fingerprint density at radius 3 is 2.72 bits per heavy atom. The molecule has 4 heteroatoms. The Bertz CT molecular complexity index is 909. The number of hydrogen-bond acceptors (Lipinski definition) is 3. The summed E-state index contributed by atoms with van der Waals surface area (Å²) in [4.78, 5) is 0. The predicted molar refractivity (Wildman–Crippen MR) is 104 cm³/mol. The quantitative estimate of drug-likeness (QED) is 0.398. The van der Waals surface area contributed by atoms with Crippen molar-refractivity contribution in [1.82, 2.24) is 9.99 Å². The first-order chi connectivity index (χ1) is 12.3. The largest absolute Gasteiger partial charge is 0.496 e. The number of ether oxygens (including phenoxy) is 1. The number of aromatic nitrogens is 1. The number of fused-ring (bicyclic) bond motifs is 1. The lowest BCUT2D eigenvalue weighted by Crippen LogP contribution is -2.07. The van der Waals surface area contributed by atoms with E-state index in [1.807, 2.05) is 36.6 Å². The van der Waals surface area contributed by atoms with E-state index in [1.165, 1.54) is 16.6 Å². The Hall–Kier alpha value is -3.01. The molecule has 0 fully saturated rings. The average molecular weight is 333 g/mol. The molecule has 2 aromatic carbocycles. The molecular weight excluding hydrogens is 310 g/mol. The van der Waals surface area contributed by atoms with Gasteiger partial charge in [0.25, 0.3) is 0 Å². The molecule has 25 heavy (non-hydrogen) atoms. The first-order valence-electron chi connectivity index (χ1n) is 8.32. The minimum Gasteiger partial charge on any atom is -0.496 e. The molecule has 0 saturated carbocycles. The maximum Gasteiger partial charge on any atom is 0.123 e. The van der Waals surface area contributed by atoms with Crippen molar-refractivity contribution < 1.29 is 4.74 Å². The summed E-state index contributed by atoms with van der Waals surface area (Å²) in [6.45, 7) is 7.38. The summed E-state index contributed by atoms with van der Waals surface area (Å²) in [6, 6.07) is 16.3. The van der Waals surface area contributed by atoms with Gasteiger partial charge in [0, 0.05) is 34.3 Å². The van der Waals surface area contributed by atoms with Crippen molar-refractivity contribution in [2.75, 3.05) is 7.11 Å².